The summed E-state index contributed by atoms with van der Waals surface area (Å²) in [5.41, 5.74) is 0. The maximum atomic E-state index is 5.53. The monoisotopic (exact) mass is 158 g/mol. The zero-order valence-electron chi connectivity index (χ0n) is 8.26. The lowest BCUT2D eigenvalue weighted by molar-refractivity contribution is 0.157. The minimum absolute atomic E-state index is 0.0417. The molecule has 0 aliphatic heterocycles. The molecule has 0 fully saturated rings. The average Bonchev–Trinajstić information content (AvgIpc) is 1.86. The van der Waals surface area contributed by atoms with E-state index in [-0.39, 0.29) is 13.2 Å². The molecule has 0 N–H and O–H groups in total. The number of rotatable bonds is 5. The van der Waals surface area contributed by atoms with Crippen molar-refractivity contribution in [2.75, 3.05) is 6.61 Å². The van der Waals surface area contributed by atoms with Crippen LogP contribution in [0.2, 0.25) is 5.82 Å². The molecule has 0 amide bonds. The van der Waals surface area contributed by atoms with Gasteiger partial charge in [-0.05, 0) is 26.6 Å². The molecule has 11 heavy (non-hydrogen) atoms. The topological polar surface area (TPSA) is 18.5 Å². The zero-order valence-corrected chi connectivity index (χ0v) is 8.26. The molecule has 0 rings (SSSR count). The van der Waals surface area contributed by atoms with Gasteiger partial charge in [0.1, 0.15) is 0 Å². The molecule has 0 heterocycles. The Morgan fingerprint density at radius 3 is 2.00 bits per heavy atom. The highest BCUT2D eigenvalue weighted by Crippen LogP contribution is 2.11. The Balaban J connectivity index is 3.69. The molecule has 0 bridgehead atoms. The van der Waals surface area contributed by atoms with Gasteiger partial charge in [-0.1, -0.05) is 13.8 Å². The molecule has 0 radical (unpaired) electrons. The second-order valence-electron chi connectivity index (χ2n) is 3.25. The molecule has 0 unspecified atom stereocenters. The predicted molar refractivity (Wildman–Crippen MR) is 48.7 cm³/mol. The molecular weight excluding hydrogens is 139 g/mol. The van der Waals surface area contributed by atoms with Crippen molar-refractivity contribution in [2.45, 2.75) is 46.5 Å². The van der Waals surface area contributed by atoms with Crippen LogP contribution in [-0.2, 0) is 9.31 Å². The largest absolute Gasteiger partial charge is 0.459 e. The van der Waals surface area contributed by atoms with Crippen LogP contribution in [0.25, 0.3) is 0 Å². The van der Waals surface area contributed by atoms with E-state index < -0.39 is 0 Å². The van der Waals surface area contributed by atoms with Crippen LogP contribution in [0.3, 0.4) is 0 Å². The van der Waals surface area contributed by atoms with Gasteiger partial charge in [-0.2, -0.15) is 0 Å². The molecular formula is C8H19BO2. The number of hydrogen-bond donors (Lipinski definition) is 0. The Bertz CT molecular complexity index is 94.1. The molecule has 0 aromatic rings. The van der Waals surface area contributed by atoms with Crippen molar-refractivity contribution < 1.29 is 9.31 Å². The van der Waals surface area contributed by atoms with Crippen LogP contribution in [0.4, 0.5) is 0 Å². The second-order valence-corrected chi connectivity index (χ2v) is 3.25. The summed E-state index contributed by atoms with van der Waals surface area (Å²) in [4.78, 5) is 0. The molecule has 0 aromatic heterocycles. The maximum Gasteiger partial charge on any atom is 0.459 e. The third-order valence-electron chi connectivity index (χ3n) is 1.28. The smallest absolute Gasteiger partial charge is 0.411 e. The van der Waals surface area contributed by atoms with E-state index in [2.05, 4.69) is 13.8 Å². The van der Waals surface area contributed by atoms with Crippen molar-refractivity contribution in [3.63, 3.8) is 0 Å². The summed E-state index contributed by atoms with van der Waals surface area (Å²) in [6.07, 6.45) is 0.244. The lowest BCUT2D eigenvalue weighted by atomic mass is 9.74. The molecule has 3 heteroatoms. The normalized spacial score (nSPS) is 11.2. The summed E-state index contributed by atoms with van der Waals surface area (Å²) >= 11 is 0. The lowest BCUT2D eigenvalue weighted by Gasteiger charge is -2.18. The van der Waals surface area contributed by atoms with Gasteiger partial charge in [-0.25, -0.2) is 0 Å². The fourth-order valence-electron chi connectivity index (χ4n) is 0.821. The standard InChI is InChI=1S/C8H19BO2/c1-6-10-9(7(2)3)11-8(4)5/h7-8H,6H2,1-5H3. The van der Waals surface area contributed by atoms with Gasteiger partial charge < -0.3 is 9.31 Å². The van der Waals surface area contributed by atoms with E-state index in [1.807, 2.05) is 20.8 Å². The van der Waals surface area contributed by atoms with Crippen LogP contribution >= 0.6 is 0 Å². The van der Waals surface area contributed by atoms with Gasteiger partial charge >= 0.3 is 7.12 Å². The quantitative estimate of drug-likeness (QED) is 0.571. The summed E-state index contributed by atoms with van der Waals surface area (Å²) in [6, 6.07) is 0. The van der Waals surface area contributed by atoms with E-state index in [4.69, 9.17) is 9.31 Å². The van der Waals surface area contributed by atoms with Crippen molar-refractivity contribution >= 4 is 7.12 Å². The Kier molecular flexibility index (Phi) is 5.60. The highest BCUT2D eigenvalue weighted by molar-refractivity contribution is 6.46. The van der Waals surface area contributed by atoms with E-state index in [0.29, 0.717) is 5.82 Å². The minimum atomic E-state index is -0.0417. The van der Waals surface area contributed by atoms with Gasteiger partial charge in [0.2, 0.25) is 0 Å². The van der Waals surface area contributed by atoms with Crippen LogP contribution in [-0.4, -0.2) is 19.8 Å². The summed E-state index contributed by atoms with van der Waals surface area (Å²) in [5, 5.41) is 0. The molecule has 0 saturated carbocycles. The third-order valence-corrected chi connectivity index (χ3v) is 1.28. The van der Waals surface area contributed by atoms with Gasteiger partial charge in [0.05, 0.1) is 0 Å². The Morgan fingerprint density at radius 1 is 1.18 bits per heavy atom. The van der Waals surface area contributed by atoms with E-state index >= 15 is 0 Å². The van der Waals surface area contributed by atoms with E-state index in [1.54, 1.807) is 0 Å². The second kappa shape index (κ2) is 5.61. The third kappa shape index (κ3) is 5.28. The van der Waals surface area contributed by atoms with Crippen molar-refractivity contribution in [3.8, 4) is 0 Å². The maximum absolute atomic E-state index is 5.53. The van der Waals surface area contributed by atoms with Crippen LogP contribution in [0, 0.1) is 0 Å². The molecule has 0 saturated heterocycles. The first-order valence-electron chi connectivity index (χ1n) is 4.35. The molecule has 0 aliphatic carbocycles. The minimum Gasteiger partial charge on any atom is -0.411 e. The SMILES string of the molecule is CCOB(OC(C)C)C(C)C. The van der Waals surface area contributed by atoms with Crippen molar-refractivity contribution in [1.29, 1.82) is 0 Å². The Morgan fingerprint density at radius 2 is 1.73 bits per heavy atom. The first-order valence-corrected chi connectivity index (χ1v) is 4.35. The Hall–Kier alpha value is -0.0151. The first kappa shape index (κ1) is 11.0. The van der Waals surface area contributed by atoms with Crippen LogP contribution in [0.15, 0.2) is 0 Å². The van der Waals surface area contributed by atoms with Crippen molar-refractivity contribution in [1.82, 2.24) is 0 Å². The highest BCUT2D eigenvalue weighted by atomic mass is 16.6. The van der Waals surface area contributed by atoms with E-state index in [1.165, 1.54) is 0 Å². The number of hydrogen-bond acceptors (Lipinski definition) is 2. The predicted octanol–water partition coefficient (Wildman–Crippen LogP) is 2.35. The van der Waals surface area contributed by atoms with E-state index in [9.17, 15) is 0 Å². The molecule has 0 spiro atoms. The van der Waals surface area contributed by atoms with Gasteiger partial charge in [0, 0.05) is 12.7 Å². The van der Waals surface area contributed by atoms with Gasteiger partial charge in [0.25, 0.3) is 0 Å². The van der Waals surface area contributed by atoms with Gasteiger partial charge in [-0.3, -0.25) is 0 Å². The van der Waals surface area contributed by atoms with Crippen molar-refractivity contribution in [3.05, 3.63) is 0 Å². The van der Waals surface area contributed by atoms with Crippen LogP contribution in [0.1, 0.15) is 34.6 Å². The summed E-state index contributed by atoms with van der Waals surface area (Å²) in [6.45, 7) is 10.9. The van der Waals surface area contributed by atoms with Gasteiger partial charge in [-0.15, -0.1) is 0 Å². The molecule has 0 aromatic carbocycles. The molecule has 0 atom stereocenters. The summed E-state index contributed by atoms with van der Waals surface area (Å²) in [7, 11) is -0.0417. The summed E-state index contributed by atoms with van der Waals surface area (Å²) in [5.74, 6) is 0.428. The molecule has 66 valence electrons. The average molecular weight is 158 g/mol. The molecule has 2 nitrogen and oxygen atoms in total. The summed E-state index contributed by atoms with van der Waals surface area (Å²) < 4.78 is 10.9. The fourth-order valence-corrected chi connectivity index (χ4v) is 0.821. The Labute approximate surface area is 70.4 Å². The fraction of sp³-hybridized carbons (Fsp3) is 1.00. The highest BCUT2D eigenvalue weighted by Gasteiger charge is 2.23. The van der Waals surface area contributed by atoms with Crippen molar-refractivity contribution in [2.24, 2.45) is 0 Å². The van der Waals surface area contributed by atoms with Crippen LogP contribution in [0.5, 0.6) is 0 Å². The molecule has 0 aliphatic rings. The van der Waals surface area contributed by atoms with E-state index in [0.717, 1.165) is 6.61 Å². The van der Waals surface area contributed by atoms with Crippen LogP contribution < -0.4 is 0 Å². The van der Waals surface area contributed by atoms with Gasteiger partial charge in [0.15, 0.2) is 0 Å². The first-order chi connectivity index (χ1) is 5.07. The lowest BCUT2D eigenvalue weighted by Crippen LogP contribution is -2.29. The zero-order chi connectivity index (χ0) is 8.85.